The zero-order valence-electron chi connectivity index (χ0n) is 9.79. The first kappa shape index (κ1) is 12.6. The predicted molar refractivity (Wildman–Crippen MR) is 66.0 cm³/mol. The van der Waals surface area contributed by atoms with Crippen LogP contribution in [0.3, 0.4) is 0 Å². The normalized spacial score (nSPS) is 15.6. The Bertz CT molecular complexity index is 455. The van der Waals surface area contributed by atoms with Gasteiger partial charge in [0.1, 0.15) is 0 Å². The van der Waals surface area contributed by atoms with Gasteiger partial charge in [0.15, 0.2) is 0 Å². The number of carbonyl (C=O) groups excluding carboxylic acids is 1. The smallest absolute Gasteiger partial charge is 0.407 e. The highest BCUT2D eigenvalue weighted by Crippen LogP contribution is 2.24. The number of nitrogens with one attached hydrogen (secondary N) is 1. The number of carboxylic acid groups (broad SMARTS) is 1. The topological polar surface area (TPSA) is 98.7 Å². The summed E-state index contributed by atoms with van der Waals surface area (Å²) in [6.45, 7) is 3.48. The number of nitrogens with zero attached hydrogens (tertiary/aromatic N) is 4. The lowest BCUT2D eigenvalue weighted by Gasteiger charge is -2.32. The fraction of sp³-hybridized carbons (Fsp3) is 0.556. The molecule has 98 valence electrons. The molecule has 1 aliphatic rings. The fourth-order valence-electron chi connectivity index (χ4n) is 1.63. The van der Waals surface area contributed by atoms with Gasteiger partial charge in [0.2, 0.25) is 16.2 Å². The van der Waals surface area contributed by atoms with Crippen molar-refractivity contribution in [3.05, 3.63) is 0 Å². The van der Waals surface area contributed by atoms with Crippen LogP contribution in [-0.4, -0.2) is 58.4 Å². The van der Waals surface area contributed by atoms with Crippen LogP contribution >= 0.6 is 11.3 Å². The number of amides is 2. The molecular weight excluding hydrogens is 258 g/mol. The molecule has 2 rings (SSSR count). The third-order valence-electron chi connectivity index (χ3n) is 2.52. The number of hydrogen-bond acceptors (Lipinski definition) is 6. The van der Waals surface area contributed by atoms with Crippen LogP contribution in [0.5, 0.6) is 0 Å². The van der Waals surface area contributed by atoms with Gasteiger partial charge >= 0.3 is 6.09 Å². The molecule has 2 heterocycles. The third kappa shape index (κ3) is 2.86. The Hall–Kier alpha value is -1.90. The van der Waals surface area contributed by atoms with E-state index in [4.69, 9.17) is 5.11 Å². The Balaban J connectivity index is 1.95. The molecule has 0 aliphatic carbocycles. The molecule has 1 aromatic rings. The van der Waals surface area contributed by atoms with Crippen molar-refractivity contribution in [3.8, 4) is 0 Å². The molecule has 2 amide bonds. The maximum Gasteiger partial charge on any atom is 0.407 e. The zero-order valence-corrected chi connectivity index (χ0v) is 10.6. The van der Waals surface area contributed by atoms with E-state index in [1.807, 2.05) is 4.90 Å². The molecule has 8 nitrogen and oxygen atoms in total. The van der Waals surface area contributed by atoms with Crippen molar-refractivity contribution in [3.63, 3.8) is 0 Å². The summed E-state index contributed by atoms with van der Waals surface area (Å²) in [4.78, 5) is 24.9. The lowest BCUT2D eigenvalue weighted by molar-refractivity contribution is -0.114. The highest BCUT2D eigenvalue weighted by atomic mass is 32.1. The summed E-state index contributed by atoms with van der Waals surface area (Å²) in [7, 11) is 0. The van der Waals surface area contributed by atoms with E-state index in [1.165, 1.54) is 23.2 Å². The molecule has 0 atom stereocenters. The Morgan fingerprint density at radius 3 is 2.50 bits per heavy atom. The van der Waals surface area contributed by atoms with Gasteiger partial charge in [-0.2, -0.15) is 0 Å². The molecule has 0 aromatic carbocycles. The summed E-state index contributed by atoms with van der Waals surface area (Å²) in [5.41, 5.74) is 0. The van der Waals surface area contributed by atoms with Crippen molar-refractivity contribution in [1.82, 2.24) is 15.1 Å². The van der Waals surface area contributed by atoms with Gasteiger partial charge in [-0.15, -0.1) is 10.2 Å². The van der Waals surface area contributed by atoms with Crippen molar-refractivity contribution in [1.29, 1.82) is 0 Å². The van der Waals surface area contributed by atoms with Gasteiger partial charge in [0, 0.05) is 33.1 Å². The molecule has 9 heteroatoms. The van der Waals surface area contributed by atoms with Crippen molar-refractivity contribution >= 4 is 33.6 Å². The van der Waals surface area contributed by atoms with Crippen LogP contribution in [-0.2, 0) is 4.79 Å². The minimum Gasteiger partial charge on any atom is -0.465 e. The van der Waals surface area contributed by atoms with Gasteiger partial charge in [-0.1, -0.05) is 11.3 Å². The van der Waals surface area contributed by atoms with E-state index < -0.39 is 6.09 Å². The van der Waals surface area contributed by atoms with Crippen molar-refractivity contribution in [2.75, 3.05) is 36.4 Å². The van der Waals surface area contributed by atoms with E-state index in [0.29, 0.717) is 36.4 Å². The van der Waals surface area contributed by atoms with E-state index in [2.05, 4.69) is 15.5 Å². The molecular formula is C9H13N5O3S. The molecule has 1 aromatic heterocycles. The first-order chi connectivity index (χ1) is 8.56. The molecule has 2 N–H and O–H groups in total. The Kier molecular flexibility index (Phi) is 3.60. The van der Waals surface area contributed by atoms with Crippen LogP contribution in [0.2, 0.25) is 0 Å². The lowest BCUT2D eigenvalue weighted by atomic mass is 10.3. The largest absolute Gasteiger partial charge is 0.465 e. The SMILES string of the molecule is CC(=O)Nc1nnc(N2CCN(C(=O)O)CC2)s1. The maximum absolute atomic E-state index is 10.9. The first-order valence-electron chi connectivity index (χ1n) is 5.40. The number of aromatic nitrogens is 2. The van der Waals surface area contributed by atoms with Gasteiger partial charge in [0.25, 0.3) is 0 Å². The molecule has 0 spiro atoms. The van der Waals surface area contributed by atoms with E-state index in [9.17, 15) is 9.59 Å². The summed E-state index contributed by atoms with van der Waals surface area (Å²) < 4.78 is 0. The number of carbonyl (C=O) groups is 2. The number of piperazine rings is 1. The second-order valence-corrected chi connectivity index (χ2v) is 4.78. The fourth-order valence-corrected chi connectivity index (χ4v) is 2.48. The van der Waals surface area contributed by atoms with Crippen LogP contribution in [0.1, 0.15) is 6.92 Å². The van der Waals surface area contributed by atoms with E-state index >= 15 is 0 Å². The van der Waals surface area contributed by atoms with Crippen molar-refractivity contribution in [2.45, 2.75) is 6.92 Å². The predicted octanol–water partition coefficient (Wildman–Crippen LogP) is 0.296. The zero-order chi connectivity index (χ0) is 13.1. The molecule has 1 aliphatic heterocycles. The molecule has 0 unspecified atom stereocenters. The monoisotopic (exact) mass is 271 g/mol. The minimum atomic E-state index is -0.897. The van der Waals surface area contributed by atoms with Gasteiger partial charge in [-0.25, -0.2) is 4.79 Å². The van der Waals surface area contributed by atoms with Gasteiger partial charge in [0.05, 0.1) is 0 Å². The summed E-state index contributed by atoms with van der Waals surface area (Å²) in [6, 6.07) is 0. The summed E-state index contributed by atoms with van der Waals surface area (Å²) in [5, 5.41) is 20.4. The second kappa shape index (κ2) is 5.17. The standard InChI is InChI=1S/C9H13N5O3S/c1-6(15)10-7-11-12-8(18-7)13-2-4-14(5-3-13)9(16)17/h2-5H2,1H3,(H,16,17)(H,10,11,15). The van der Waals surface area contributed by atoms with Crippen LogP contribution in [0.15, 0.2) is 0 Å². The molecule has 1 fully saturated rings. The van der Waals surface area contributed by atoms with Crippen molar-refractivity contribution in [2.24, 2.45) is 0 Å². The average molecular weight is 271 g/mol. The highest BCUT2D eigenvalue weighted by molar-refractivity contribution is 7.19. The first-order valence-corrected chi connectivity index (χ1v) is 6.22. The summed E-state index contributed by atoms with van der Waals surface area (Å²) >= 11 is 1.28. The molecule has 18 heavy (non-hydrogen) atoms. The van der Waals surface area contributed by atoms with Crippen LogP contribution in [0.25, 0.3) is 0 Å². The van der Waals surface area contributed by atoms with Crippen LogP contribution in [0, 0.1) is 0 Å². The lowest BCUT2D eigenvalue weighted by Crippen LogP contribution is -2.48. The second-order valence-electron chi connectivity index (χ2n) is 3.83. The quantitative estimate of drug-likeness (QED) is 0.802. The Morgan fingerprint density at radius 2 is 1.94 bits per heavy atom. The van der Waals surface area contributed by atoms with E-state index in [1.54, 1.807) is 0 Å². The van der Waals surface area contributed by atoms with Gasteiger partial charge in [-0.3, -0.25) is 4.79 Å². The van der Waals surface area contributed by atoms with Gasteiger partial charge < -0.3 is 20.2 Å². The number of anilines is 2. The minimum absolute atomic E-state index is 0.187. The molecule has 0 saturated carbocycles. The van der Waals surface area contributed by atoms with E-state index in [0.717, 1.165) is 0 Å². The van der Waals surface area contributed by atoms with Crippen LogP contribution < -0.4 is 10.2 Å². The molecule has 0 radical (unpaired) electrons. The van der Waals surface area contributed by atoms with Crippen LogP contribution in [0.4, 0.5) is 15.1 Å². The maximum atomic E-state index is 10.9. The highest BCUT2D eigenvalue weighted by Gasteiger charge is 2.22. The van der Waals surface area contributed by atoms with Gasteiger partial charge in [-0.05, 0) is 0 Å². The Labute approximate surface area is 107 Å². The van der Waals surface area contributed by atoms with E-state index in [-0.39, 0.29) is 5.91 Å². The summed E-state index contributed by atoms with van der Waals surface area (Å²) in [5.74, 6) is -0.187. The number of hydrogen-bond donors (Lipinski definition) is 2. The number of rotatable bonds is 2. The van der Waals surface area contributed by atoms with Crippen molar-refractivity contribution < 1.29 is 14.7 Å². The average Bonchev–Trinajstić information content (AvgIpc) is 2.76. The summed E-state index contributed by atoms with van der Waals surface area (Å²) in [6.07, 6.45) is -0.897. The molecule has 0 bridgehead atoms. The Morgan fingerprint density at radius 1 is 1.28 bits per heavy atom. The third-order valence-corrected chi connectivity index (χ3v) is 3.42. The molecule has 1 saturated heterocycles.